The molecule has 4 heteroatoms. The second kappa shape index (κ2) is 4.99. The van der Waals surface area contributed by atoms with E-state index in [-0.39, 0.29) is 11.6 Å². The summed E-state index contributed by atoms with van der Waals surface area (Å²) in [6.45, 7) is 0.609. The summed E-state index contributed by atoms with van der Waals surface area (Å²) in [5.41, 5.74) is 1.95. The summed E-state index contributed by atoms with van der Waals surface area (Å²) in [7, 11) is 1.46. The standard InChI is InChI=1S/C12H12FNOS/c1-15-12-3-2-9(6-11(12)13)7-14-10-4-5-16-8-10/h2-6,8,14H,7H2,1H3. The van der Waals surface area contributed by atoms with Crippen molar-refractivity contribution in [2.45, 2.75) is 6.54 Å². The van der Waals surface area contributed by atoms with Gasteiger partial charge in [-0.05, 0) is 29.1 Å². The molecule has 0 saturated heterocycles. The van der Waals surface area contributed by atoms with Crippen LogP contribution in [0.5, 0.6) is 5.75 Å². The van der Waals surface area contributed by atoms with Crippen LogP contribution in [0.4, 0.5) is 10.1 Å². The molecule has 0 aliphatic rings. The molecule has 84 valence electrons. The third-order valence-electron chi connectivity index (χ3n) is 2.23. The Morgan fingerprint density at radius 2 is 2.25 bits per heavy atom. The zero-order chi connectivity index (χ0) is 11.4. The van der Waals surface area contributed by atoms with Crippen LogP contribution in [0.3, 0.4) is 0 Å². The quantitative estimate of drug-likeness (QED) is 0.878. The predicted molar refractivity (Wildman–Crippen MR) is 64.6 cm³/mol. The first-order chi connectivity index (χ1) is 7.79. The van der Waals surface area contributed by atoms with Crippen molar-refractivity contribution in [1.29, 1.82) is 0 Å². The van der Waals surface area contributed by atoms with Gasteiger partial charge in [0.2, 0.25) is 0 Å². The van der Waals surface area contributed by atoms with Crippen LogP contribution < -0.4 is 10.1 Å². The van der Waals surface area contributed by atoms with Gasteiger partial charge in [-0.25, -0.2) is 4.39 Å². The Hall–Kier alpha value is -1.55. The van der Waals surface area contributed by atoms with Gasteiger partial charge in [-0.15, -0.1) is 0 Å². The number of hydrogen-bond donors (Lipinski definition) is 1. The highest BCUT2D eigenvalue weighted by atomic mass is 32.1. The van der Waals surface area contributed by atoms with Crippen LogP contribution in [0.15, 0.2) is 35.0 Å². The second-order valence-electron chi connectivity index (χ2n) is 3.33. The first-order valence-corrected chi connectivity index (χ1v) is 5.82. The molecule has 1 N–H and O–H groups in total. The summed E-state index contributed by atoms with van der Waals surface area (Å²) in [5.74, 6) is -0.0496. The SMILES string of the molecule is COc1ccc(CNc2ccsc2)cc1F. The summed E-state index contributed by atoms with van der Waals surface area (Å²) < 4.78 is 18.2. The molecule has 1 aromatic carbocycles. The molecule has 0 radical (unpaired) electrons. The van der Waals surface area contributed by atoms with Gasteiger partial charge in [0.15, 0.2) is 11.6 Å². The zero-order valence-electron chi connectivity index (χ0n) is 8.87. The first kappa shape index (κ1) is 11.0. The van der Waals surface area contributed by atoms with Crippen LogP contribution in [0.2, 0.25) is 0 Å². The molecule has 1 aromatic heterocycles. The van der Waals surface area contributed by atoms with Crippen molar-refractivity contribution in [2.24, 2.45) is 0 Å². The smallest absolute Gasteiger partial charge is 0.165 e. The highest BCUT2D eigenvalue weighted by Gasteiger charge is 2.03. The second-order valence-corrected chi connectivity index (χ2v) is 4.11. The van der Waals surface area contributed by atoms with Crippen molar-refractivity contribution in [2.75, 3.05) is 12.4 Å². The molecule has 0 fully saturated rings. The van der Waals surface area contributed by atoms with E-state index in [0.29, 0.717) is 6.54 Å². The summed E-state index contributed by atoms with van der Waals surface area (Å²) >= 11 is 1.63. The van der Waals surface area contributed by atoms with E-state index in [0.717, 1.165) is 11.3 Å². The van der Waals surface area contributed by atoms with E-state index in [1.165, 1.54) is 13.2 Å². The molecule has 0 spiro atoms. The van der Waals surface area contributed by atoms with E-state index in [1.807, 2.05) is 22.9 Å². The molecule has 0 atom stereocenters. The monoisotopic (exact) mass is 237 g/mol. The molecule has 1 heterocycles. The molecular weight excluding hydrogens is 225 g/mol. The van der Waals surface area contributed by atoms with Crippen LogP contribution in [0.1, 0.15) is 5.56 Å². The predicted octanol–water partition coefficient (Wildman–Crippen LogP) is 3.51. The van der Waals surface area contributed by atoms with Crippen molar-refractivity contribution in [3.05, 3.63) is 46.4 Å². The van der Waals surface area contributed by atoms with Gasteiger partial charge in [-0.3, -0.25) is 0 Å². The van der Waals surface area contributed by atoms with Gasteiger partial charge >= 0.3 is 0 Å². The Labute approximate surface area is 97.7 Å². The first-order valence-electron chi connectivity index (χ1n) is 4.88. The highest BCUT2D eigenvalue weighted by molar-refractivity contribution is 7.08. The third kappa shape index (κ3) is 2.52. The molecule has 0 aliphatic carbocycles. The maximum atomic E-state index is 13.4. The highest BCUT2D eigenvalue weighted by Crippen LogP contribution is 2.19. The topological polar surface area (TPSA) is 21.3 Å². The maximum absolute atomic E-state index is 13.4. The summed E-state index contributed by atoms with van der Waals surface area (Å²) in [6.07, 6.45) is 0. The fourth-order valence-electron chi connectivity index (χ4n) is 1.39. The van der Waals surface area contributed by atoms with E-state index in [2.05, 4.69) is 5.32 Å². The Morgan fingerprint density at radius 1 is 1.38 bits per heavy atom. The van der Waals surface area contributed by atoms with E-state index in [1.54, 1.807) is 17.4 Å². The number of benzene rings is 1. The molecule has 0 unspecified atom stereocenters. The number of thiophene rings is 1. The molecule has 0 saturated carbocycles. The lowest BCUT2D eigenvalue weighted by molar-refractivity contribution is 0.386. The van der Waals surface area contributed by atoms with Gasteiger partial charge in [-0.1, -0.05) is 6.07 Å². The van der Waals surface area contributed by atoms with Gasteiger partial charge < -0.3 is 10.1 Å². The number of halogens is 1. The number of methoxy groups -OCH3 is 1. The largest absolute Gasteiger partial charge is 0.494 e. The van der Waals surface area contributed by atoms with Crippen LogP contribution in [-0.4, -0.2) is 7.11 Å². The van der Waals surface area contributed by atoms with Crippen molar-refractivity contribution in [3.8, 4) is 5.75 Å². The van der Waals surface area contributed by atoms with E-state index in [4.69, 9.17) is 4.74 Å². The minimum Gasteiger partial charge on any atom is -0.494 e. The van der Waals surface area contributed by atoms with Crippen LogP contribution in [0, 0.1) is 5.82 Å². The Balaban J connectivity index is 2.02. The van der Waals surface area contributed by atoms with Crippen molar-refractivity contribution >= 4 is 17.0 Å². The molecule has 0 bridgehead atoms. The third-order valence-corrected chi connectivity index (χ3v) is 2.92. The minimum atomic E-state index is -0.327. The van der Waals surface area contributed by atoms with Crippen molar-refractivity contribution in [1.82, 2.24) is 0 Å². The minimum absolute atomic E-state index is 0.277. The van der Waals surface area contributed by atoms with Gasteiger partial charge in [0.05, 0.1) is 7.11 Å². The average molecular weight is 237 g/mol. The summed E-state index contributed by atoms with van der Waals surface area (Å²) in [6, 6.07) is 6.96. The lowest BCUT2D eigenvalue weighted by atomic mass is 10.2. The average Bonchev–Trinajstić information content (AvgIpc) is 2.79. The fraction of sp³-hybridized carbons (Fsp3) is 0.167. The molecule has 0 amide bonds. The van der Waals surface area contributed by atoms with Crippen molar-refractivity contribution in [3.63, 3.8) is 0 Å². The number of hydrogen-bond acceptors (Lipinski definition) is 3. The van der Waals surface area contributed by atoms with Gasteiger partial charge in [0.25, 0.3) is 0 Å². The molecule has 2 aromatic rings. The molecular formula is C12H12FNOS. The number of anilines is 1. The lowest BCUT2D eigenvalue weighted by Gasteiger charge is -2.06. The van der Waals surface area contributed by atoms with Gasteiger partial charge in [-0.2, -0.15) is 11.3 Å². The van der Waals surface area contributed by atoms with Crippen LogP contribution >= 0.6 is 11.3 Å². The Kier molecular flexibility index (Phi) is 3.41. The zero-order valence-corrected chi connectivity index (χ0v) is 9.68. The van der Waals surface area contributed by atoms with E-state index in [9.17, 15) is 4.39 Å². The van der Waals surface area contributed by atoms with E-state index < -0.39 is 0 Å². The van der Waals surface area contributed by atoms with Crippen molar-refractivity contribution < 1.29 is 9.13 Å². The molecule has 16 heavy (non-hydrogen) atoms. The normalized spacial score (nSPS) is 10.1. The molecule has 2 rings (SSSR count). The Morgan fingerprint density at radius 3 is 2.88 bits per heavy atom. The van der Waals surface area contributed by atoms with E-state index >= 15 is 0 Å². The van der Waals surface area contributed by atoms with Gasteiger partial charge in [0.1, 0.15) is 0 Å². The van der Waals surface area contributed by atoms with Gasteiger partial charge in [0, 0.05) is 17.6 Å². The number of ether oxygens (including phenoxy) is 1. The molecule has 2 nitrogen and oxygen atoms in total. The fourth-order valence-corrected chi connectivity index (χ4v) is 2.00. The molecule has 0 aliphatic heterocycles. The number of nitrogens with one attached hydrogen (secondary N) is 1. The number of rotatable bonds is 4. The lowest BCUT2D eigenvalue weighted by Crippen LogP contribution is -1.99. The van der Waals surface area contributed by atoms with Crippen LogP contribution in [-0.2, 0) is 6.54 Å². The summed E-state index contributed by atoms with van der Waals surface area (Å²) in [4.78, 5) is 0. The Bertz CT molecular complexity index is 456. The van der Waals surface area contributed by atoms with Crippen LogP contribution in [0.25, 0.3) is 0 Å². The maximum Gasteiger partial charge on any atom is 0.165 e. The summed E-state index contributed by atoms with van der Waals surface area (Å²) in [5, 5.41) is 7.22.